The normalized spacial score (nSPS) is 10.9. The summed E-state index contributed by atoms with van der Waals surface area (Å²) in [5, 5.41) is 11.9. The van der Waals surface area contributed by atoms with Crippen LogP contribution in [0.15, 0.2) is 29.8 Å². The quantitative estimate of drug-likeness (QED) is 0.236. The van der Waals surface area contributed by atoms with E-state index in [9.17, 15) is 9.59 Å². The molecule has 0 aromatic heterocycles. The molecule has 146 valence electrons. The topological polar surface area (TPSA) is 79.2 Å². The molecule has 1 rings (SSSR count). The van der Waals surface area contributed by atoms with Crippen molar-refractivity contribution in [2.24, 2.45) is 0 Å². The van der Waals surface area contributed by atoms with Crippen molar-refractivity contribution in [2.75, 3.05) is 11.9 Å². The van der Waals surface area contributed by atoms with Gasteiger partial charge in [0, 0.05) is 12.1 Å². The Morgan fingerprint density at radius 2 is 1.67 bits per heavy atom. The van der Waals surface area contributed by atoms with E-state index in [1.807, 2.05) is 6.07 Å². The van der Waals surface area contributed by atoms with Crippen molar-refractivity contribution < 1.29 is 14.3 Å². The summed E-state index contributed by atoms with van der Waals surface area (Å²) >= 11 is 0. The van der Waals surface area contributed by atoms with Crippen LogP contribution in [0, 0.1) is 11.3 Å². The number of esters is 1. The van der Waals surface area contributed by atoms with Gasteiger partial charge in [-0.2, -0.15) is 5.26 Å². The molecule has 1 aromatic carbocycles. The largest absolute Gasteiger partial charge is 0.462 e. The first kappa shape index (κ1) is 22.4. The van der Waals surface area contributed by atoms with Gasteiger partial charge in [-0.25, -0.2) is 4.79 Å². The number of carbonyl (C=O) groups is 2. The van der Waals surface area contributed by atoms with Gasteiger partial charge in [0.1, 0.15) is 11.6 Å². The maximum atomic E-state index is 12.0. The maximum absolute atomic E-state index is 12.0. The Kier molecular flexibility index (Phi) is 11.3. The van der Waals surface area contributed by atoms with E-state index in [-0.39, 0.29) is 18.1 Å². The molecule has 0 spiro atoms. The summed E-state index contributed by atoms with van der Waals surface area (Å²) in [6.07, 6.45) is 10.3. The Balaban J connectivity index is 2.42. The van der Waals surface area contributed by atoms with Crippen molar-refractivity contribution in [2.45, 2.75) is 65.2 Å². The standard InChI is InChI=1S/C22H30N2O3/c1-3-5-6-7-8-9-10-11-21(25)24-20-14-12-18(13-15-20)16-19(17-23)22(26)27-4-2/h12-16H,3-11H2,1-2H3,(H,24,25). The number of rotatable bonds is 12. The molecule has 0 aliphatic rings. The fourth-order valence-electron chi connectivity index (χ4n) is 2.64. The van der Waals surface area contributed by atoms with E-state index in [0.29, 0.717) is 17.7 Å². The van der Waals surface area contributed by atoms with Gasteiger partial charge < -0.3 is 10.1 Å². The van der Waals surface area contributed by atoms with Crippen molar-refractivity contribution in [1.82, 2.24) is 0 Å². The highest BCUT2D eigenvalue weighted by Crippen LogP contribution is 2.14. The van der Waals surface area contributed by atoms with Gasteiger partial charge in [0.05, 0.1) is 6.61 Å². The van der Waals surface area contributed by atoms with Crippen molar-refractivity contribution in [1.29, 1.82) is 5.26 Å². The lowest BCUT2D eigenvalue weighted by atomic mass is 10.1. The predicted molar refractivity (Wildman–Crippen MR) is 108 cm³/mol. The molecule has 5 nitrogen and oxygen atoms in total. The summed E-state index contributed by atoms with van der Waals surface area (Å²) in [6, 6.07) is 8.86. The van der Waals surface area contributed by atoms with Crippen LogP contribution in [0.5, 0.6) is 0 Å². The van der Waals surface area contributed by atoms with Crippen LogP contribution in [0.25, 0.3) is 6.08 Å². The highest BCUT2D eigenvalue weighted by Gasteiger charge is 2.09. The van der Waals surface area contributed by atoms with E-state index in [1.165, 1.54) is 38.2 Å². The zero-order valence-corrected chi connectivity index (χ0v) is 16.4. The summed E-state index contributed by atoms with van der Waals surface area (Å²) in [5.41, 5.74) is 1.35. The van der Waals surface area contributed by atoms with Gasteiger partial charge in [-0.3, -0.25) is 4.79 Å². The van der Waals surface area contributed by atoms with Crippen molar-refractivity contribution in [3.63, 3.8) is 0 Å². The van der Waals surface area contributed by atoms with Crippen molar-refractivity contribution >= 4 is 23.6 Å². The van der Waals surface area contributed by atoms with Crippen LogP contribution in [-0.4, -0.2) is 18.5 Å². The summed E-state index contributed by atoms with van der Waals surface area (Å²) in [5.74, 6) is -0.622. The summed E-state index contributed by atoms with van der Waals surface area (Å²) < 4.78 is 4.83. The number of amides is 1. The molecule has 0 unspecified atom stereocenters. The molecular weight excluding hydrogens is 340 g/mol. The molecule has 1 N–H and O–H groups in total. The Morgan fingerprint density at radius 1 is 1.04 bits per heavy atom. The minimum Gasteiger partial charge on any atom is -0.462 e. The highest BCUT2D eigenvalue weighted by molar-refractivity contribution is 5.98. The molecular formula is C22H30N2O3. The van der Waals surface area contributed by atoms with Gasteiger partial charge in [-0.05, 0) is 37.1 Å². The first-order valence-electron chi connectivity index (χ1n) is 9.79. The number of nitrogens with one attached hydrogen (secondary N) is 1. The molecule has 0 atom stereocenters. The minimum absolute atomic E-state index is 0.0103. The van der Waals surface area contributed by atoms with E-state index >= 15 is 0 Å². The Morgan fingerprint density at radius 3 is 2.26 bits per heavy atom. The lowest BCUT2D eigenvalue weighted by Gasteiger charge is -2.06. The number of nitriles is 1. The number of anilines is 1. The van der Waals surface area contributed by atoms with Crippen LogP contribution < -0.4 is 5.32 Å². The highest BCUT2D eigenvalue weighted by atomic mass is 16.5. The molecule has 0 fully saturated rings. The number of nitrogens with zero attached hydrogens (tertiary/aromatic N) is 1. The van der Waals surface area contributed by atoms with E-state index in [4.69, 9.17) is 10.00 Å². The van der Waals surface area contributed by atoms with Gasteiger partial charge in [0.15, 0.2) is 0 Å². The fourth-order valence-corrected chi connectivity index (χ4v) is 2.64. The van der Waals surface area contributed by atoms with Crippen LogP contribution in [0.1, 0.15) is 70.8 Å². The van der Waals surface area contributed by atoms with Gasteiger partial charge >= 0.3 is 5.97 Å². The minimum atomic E-state index is -0.632. The van der Waals surface area contributed by atoms with E-state index < -0.39 is 5.97 Å². The van der Waals surface area contributed by atoms with Crippen molar-refractivity contribution in [3.8, 4) is 6.07 Å². The van der Waals surface area contributed by atoms with Crippen LogP contribution in [-0.2, 0) is 14.3 Å². The second-order valence-corrected chi connectivity index (χ2v) is 6.43. The molecule has 5 heteroatoms. The second kappa shape index (κ2) is 13.6. The summed E-state index contributed by atoms with van der Waals surface area (Å²) in [7, 11) is 0. The number of hydrogen-bond donors (Lipinski definition) is 1. The van der Waals surface area contributed by atoms with Gasteiger partial charge in [0.25, 0.3) is 0 Å². The molecule has 0 bridgehead atoms. The lowest BCUT2D eigenvalue weighted by Crippen LogP contribution is -2.11. The van der Waals surface area contributed by atoms with E-state index in [1.54, 1.807) is 31.2 Å². The van der Waals surface area contributed by atoms with Crippen LogP contribution in [0.3, 0.4) is 0 Å². The third kappa shape index (κ3) is 9.60. The van der Waals surface area contributed by atoms with Crippen LogP contribution in [0.2, 0.25) is 0 Å². The summed E-state index contributed by atoms with van der Waals surface area (Å²) in [6.45, 7) is 4.12. The molecule has 1 amide bonds. The van der Waals surface area contributed by atoms with E-state index in [2.05, 4.69) is 12.2 Å². The van der Waals surface area contributed by atoms with Crippen molar-refractivity contribution in [3.05, 3.63) is 35.4 Å². The number of benzene rings is 1. The number of ether oxygens (including phenoxy) is 1. The average Bonchev–Trinajstić information content (AvgIpc) is 2.66. The SMILES string of the molecule is CCCCCCCCCC(=O)Nc1ccc(C=C(C#N)C(=O)OCC)cc1. The second-order valence-electron chi connectivity index (χ2n) is 6.43. The third-order valence-electron chi connectivity index (χ3n) is 4.13. The first-order chi connectivity index (χ1) is 13.1. The van der Waals surface area contributed by atoms with Crippen LogP contribution in [0.4, 0.5) is 5.69 Å². The molecule has 0 radical (unpaired) electrons. The summed E-state index contributed by atoms with van der Waals surface area (Å²) in [4.78, 5) is 23.6. The monoisotopic (exact) mass is 370 g/mol. The maximum Gasteiger partial charge on any atom is 0.348 e. The molecule has 0 saturated heterocycles. The van der Waals surface area contributed by atoms with E-state index in [0.717, 1.165) is 12.8 Å². The molecule has 0 aliphatic carbocycles. The number of carbonyl (C=O) groups excluding carboxylic acids is 2. The predicted octanol–water partition coefficient (Wildman–Crippen LogP) is 5.24. The fraction of sp³-hybridized carbons (Fsp3) is 0.500. The Hall–Kier alpha value is -2.61. The average molecular weight is 370 g/mol. The van der Waals surface area contributed by atoms with Gasteiger partial charge in [-0.15, -0.1) is 0 Å². The first-order valence-corrected chi connectivity index (χ1v) is 9.79. The van der Waals surface area contributed by atoms with Crippen LogP contribution >= 0.6 is 0 Å². The Bertz CT molecular complexity index is 657. The van der Waals surface area contributed by atoms with Gasteiger partial charge in [-0.1, -0.05) is 57.6 Å². The zero-order chi connectivity index (χ0) is 19.9. The third-order valence-corrected chi connectivity index (χ3v) is 4.13. The smallest absolute Gasteiger partial charge is 0.348 e. The molecule has 1 aromatic rings. The zero-order valence-electron chi connectivity index (χ0n) is 16.4. The molecule has 0 heterocycles. The molecule has 27 heavy (non-hydrogen) atoms. The molecule has 0 saturated carbocycles. The number of unbranched alkanes of at least 4 members (excludes halogenated alkanes) is 6. The Labute approximate surface area is 162 Å². The van der Waals surface area contributed by atoms with Gasteiger partial charge in [0.2, 0.25) is 5.91 Å². The number of hydrogen-bond acceptors (Lipinski definition) is 4. The lowest BCUT2D eigenvalue weighted by molar-refractivity contribution is -0.137. The molecule has 0 aliphatic heterocycles.